The minimum atomic E-state index is -3.43. The summed E-state index contributed by atoms with van der Waals surface area (Å²) >= 11 is 0. The van der Waals surface area contributed by atoms with Crippen LogP contribution in [0.15, 0.2) is 54.6 Å². The summed E-state index contributed by atoms with van der Waals surface area (Å²) in [4.78, 5) is 13.0. The Morgan fingerprint density at radius 1 is 1.03 bits per heavy atom. The molecule has 8 heteroatoms. The third-order valence-electron chi connectivity index (χ3n) is 6.99. The fourth-order valence-electron chi connectivity index (χ4n) is 5.04. The van der Waals surface area contributed by atoms with E-state index in [1.807, 2.05) is 30.3 Å². The molecule has 0 radical (unpaired) electrons. The molecule has 2 fully saturated rings. The van der Waals surface area contributed by atoms with Crippen molar-refractivity contribution in [1.29, 1.82) is 0 Å². The van der Waals surface area contributed by atoms with Crippen molar-refractivity contribution in [2.75, 3.05) is 26.7 Å². The fraction of sp³-hybridized carbons (Fsp3) is 0.480. The maximum atomic E-state index is 13.0. The SMILES string of the molecule is COc1ccccc1C(=O)NCC1(c2ccccc2)CCC(NS(=O)(=O)N2CCCC2)CC1. The Morgan fingerprint density at radius 2 is 1.67 bits per heavy atom. The molecule has 4 rings (SSSR count). The number of amides is 1. The number of ether oxygens (including phenoxy) is 1. The molecule has 0 spiro atoms. The van der Waals surface area contributed by atoms with Crippen LogP contribution >= 0.6 is 0 Å². The van der Waals surface area contributed by atoms with Crippen molar-refractivity contribution < 1.29 is 17.9 Å². The molecule has 0 aromatic heterocycles. The van der Waals surface area contributed by atoms with E-state index >= 15 is 0 Å². The third kappa shape index (κ3) is 5.39. The number of carbonyl (C=O) groups excluding carboxylic acids is 1. The van der Waals surface area contributed by atoms with Crippen LogP contribution in [0.25, 0.3) is 0 Å². The summed E-state index contributed by atoms with van der Waals surface area (Å²) < 4.78 is 35.2. The zero-order valence-corrected chi connectivity index (χ0v) is 19.9. The van der Waals surface area contributed by atoms with E-state index in [1.54, 1.807) is 23.5 Å². The number of nitrogens with zero attached hydrogens (tertiary/aromatic N) is 1. The van der Waals surface area contributed by atoms with E-state index in [-0.39, 0.29) is 17.4 Å². The van der Waals surface area contributed by atoms with Gasteiger partial charge in [-0.05, 0) is 56.2 Å². The summed E-state index contributed by atoms with van der Waals surface area (Å²) in [6, 6.07) is 17.3. The highest BCUT2D eigenvalue weighted by Gasteiger charge is 2.39. The van der Waals surface area contributed by atoms with Gasteiger partial charge in [-0.1, -0.05) is 42.5 Å². The number of hydrogen-bond acceptors (Lipinski definition) is 4. The van der Waals surface area contributed by atoms with Crippen molar-refractivity contribution in [1.82, 2.24) is 14.3 Å². The van der Waals surface area contributed by atoms with Gasteiger partial charge in [-0.15, -0.1) is 0 Å². The summed E-state index contributed by atoms with van der Waals surface area (Å²) in [5, 5.41) is 3.12. The Kier molecular flexibility index (Phi) is 7.36. The van der Waals surface area contributed by atoms with E-state index in [4.69, 9.17) is 4.74 Å². The van der Waals surface area contributed by atoms with Crippen molar-refractivity contribution in [3.05, 3.63) is 65.7 Å². The first-order chi connectivity index (χ1) is 15.9. The van der Waals surface area contributed by atoms with Crippen LogP contribution in [0.2, 0.25) is 0 Å². The van der Waals surface area contributed by atoms with E-state index in [0.29, 0.717) is 30.9 Å². The van der Waals surface area contributed by atoms with Crippen LogP contribution in [0.5, 0.6) is 5.75 Å². The molecule has 1 heterocycles. The quantitative estimate of drug-likeness (QED) is 0.619. The lowest BCUT2D eigenvalue weighted by Gasteiger charge is -2.41. The highest BCUT2D eigenvalue weighted by Crippen LogP contribution is 2.39. The first-order valence-electron chi connectivity index (χ1n) is 11.7. The van der Waals surface area contributed by atoms with Crippen molar-refractivity contribution in [3.8, 4) is 5.75 Å². The van der Waals surface area contributed by atoms with Crippen LogP contribution in [0, 0.1) is 0 Å². The highest BCUT2D eigenvalue weighted by atomic mass is 32.2. The predicted molar refractivity (Wildman–Crippen MR) is 129 cm³/mol. The normalized spacial score (nSPS) is 23.8. The molecule has 2 aromatic rings. The molecular formula is C25H33N3O4S. The standard InChI is InChI=1S/C25H33N3O4S/c1-32-23-12-6-5-11-22(23)24(29)26-19-25(20-9-3-2-4-10-20)15-13-21(14-16-25)27-33(30,31)28-17-7-8-18-28/h2-6,9-12,21,27H,7-8,13-19H2,1H3,(H,26,29). The van der Waals surface area contributed by atoms with E-state index in [1.165, 1.54) is 5.56 Å². The first-order valence-corrected chi connectivity index (χ1v) is 13.1. The van der Waals surface area contributed by atoms with Crippen LogP contribution in [0.4, 0.5) is 0 Å². The monoisotopic (exact) mass is 471 g/mol. The van der Waals surface area contributed by atoms with E-state index < -0.39 is 10.2 Å². The number of hydrogen-bond donors (Lipinski definition) is 2. The van der Waals surface area contributed by atoms with Gasteiger partial charge in [-0.2, -0.15) is 17.4 Å². The first kappa shape index (κ1) is 23.7. The zero-order chi connectivity index (χ0) is 23.3. The van der Waals surface area contributed by atoms with Gasteiger partial charge in [0.05, 0.1) is 12.7 Å². The van der Waals surface area contributed by atoms with Gasteiger partial charge in [-0.25, -0.2) is 0 Å². The number of rotatable bonds is 8. The molecular weight excluding hydrogens is 438 g/mol. The molecule has 0 unspecified atom stereocenters. The van der Waals surface area contributed by atoms with E-state index in [9.17, 15) is 13.2 Å². The molecule has 178 valence electrons. The Morgan fingerprint density at radius 3 is 2.33 bits per heavy atom. The average Bonchev–Trinajstić information content (AvgIpc) is 3.40. The summed E-state index contributed by atoms with van der Waals surface area (Å²) in [6.45, 7) is 1.69. The topological polar surface area (TPSA) is 87.7 Å². The Balaban J connectivity index is 1.46. The number of para-hydroxylation sites is 1. The highest BCUT2D eigenvalue weighted by molar-refractivity contribution is 7.87. The molecule has 1 saturated carbocycles. The lowest BCUT2D eigenvalue weighted by Crippen LogP contribution is -2.49. The van der Waals surface area contributed by atoms with Crippen molar-refractivity contribution >= 4 is 16.1 Å². The van der Waals surface area contributed by atoms with Crippen LogP contribution in [-0.2, 0) is 15.6 Å². The number of carbonyl (C=O) groups is 1. The zero-order valence-electron chi connectivity index (χ0n) is 19.1. The average molecular weight is 472 g/mol. The summed E-state index contributed by atoms with van der Waals surface area (Å²) in [6.07, 6.45) is 4.88. The maximum Gasteiger partial charge on any atom is 0.279 e. The lowest BCUT2D eigenvalue weighted by atomic mass is 9.68. The van der Waals surface area contributed by atoms with Gasteiger partial charge in [0.1, 0.15) is 5.75 Å². The molecule has 0 atom stereocenters. The van der Waals surface area contributed by atoms with E-state index in [2.05, 4.69) is 22.2 Å². The molecule has 1 aliphatic carbocycles. The Bertz CT molecular complexity index is 1040. The van der Waals surface area contributed by atoms with Gasteiger partial charge in [0.15, 0.2) is 0 Å². The molecule has 2 aromatic carbocycles. The second kappa shape index (κ2) is 10.2. The molecule has 2 N–H and O–H groups in total. The van der Waals surface area contributed by atoms with Gasteiger partial charge >= 0.3 is 0 Å². The molecule has 2 aliphatic rings. The second-order valence-electron chi connectivity index (χ2n) is 9.03. The molecule has 33 heavy (non-hydrogen) atoms. The van der Waals surface area contributed by atoms with Gasteiger partial charge in [0.2, 0.25) is 0 Å². The minimum absolute atomic E-state index is 0.0858. The Labute approximate surface area is 196 Å². The van der Waals surface area contributed by atoms with Crippen LogP contribution in [0.3, 0.4) is 0 Å². The fourth-order valence-corrected chi connectivity index (χ4v) is 6.58. The van der Waals surface area contributed by atoms with Gasteiger partial charge in [0, 0.05) is 31.1 Å². The van der Waals surface area contributed by atoms with Crippen molar-refractivity contribution in [3.63, 3.8) is 0 Å². The smallest absolute Gasteiger partial charge is 0.279 e. The molecule has 1 aliphatic heterocycles. The van der Waals surface area contributed by atoms with Gasteiger partial charge in [0.25, 0.3) is 16.1 Å². The van der Waals surface area contributed by atoms with Gasteiger partial charge in [-0.3, -0.25) is 4.79 Å². The number of methoxy groups -OCH3 is 1. The van der Waals surface area contributed by atoms with Gasteiger partial charge < -0.3 is 10.1 Å². The number of nitrogens with one attached hydrogen (secondary N) is 2. The minimum Gasteiger partial charge on any atom is -0.496 e. The van der Waals surface area contributed by atoms with Crippen molar-refractivity contribution in [2.45, 2.75) is 50.0 Å². The summed E-state index contributed by atoms with van der Waals surface area (Å²) in [5.41, 5.74) is 1.44. The van der Waals surface area contributed by atoms with Crippen LogP contribution in [-0.4, -0.2) is 51.4 Å². The van der Waals surface area contributed by atoms with Crippen LogP contribution in [0.1, 0.15) is 54.4 Å². The summed E-state index contributed by atoms with van der Waals surface area (Å²) in [5.74, 6) is 0.378. The second-order valence-corrected chi connectivity index (χ2v) is 10.7. The number of benzene rings is 2. The third-order valence-corrected chi connectivity index (χ3v) is 8.66. The predicted octanol–water partition coefficient (Wildman–Crippen LogP) is 3.24. The lowest BCUT2D eigenvalue weighted by molar-refractivity contribution is 0.0932. The molecule has 1 amide bonds. The van der Waals surface area contributed by atoms with Crippen LogP contribution < -0.4 is 14.8 Å². The largest absolute Gasteiger partial charge is 0.496 e. The molecule has 0 bridgehead atoms. The maximum absolute atomic E-state index is 13.0. The van der Waals surface area contributed by atoms with E-state index in [0.717, 1.165) is 38.5 Å². The molecule has 7 nitrogen and oxygen atoms in total. The van der Waals surface area contributed by atoms with Crippen molar-refractivity contribution in [2.24, 2.45) is 0 Å². The summed E-state index contributed by atoms with van der Waals surface area (Å²) in [7, 11) is -1.87. The Hall–Kier alpha value is -2.42. The molecule has 1 saturated heterocycles.